The summed E-state index contributed by atoms with van der Waals surface area (Å²) >= 11 is 1.68. The maximum atomic E-state index is 12.9. The number of benzene rings is 1. The van der Waals surface area contributed by atoms with Crippen molar-refractivity contribution in [1.82, 2.24) is 14.8 Å². The Morgan fingerprint density at radius 3 is 2.96 bits per heavy atom. The van der Waals surface area contributed by atoms with Crippen LogP contribution in [0.1, 0.15) is 57.1 Å². The largest absolute Gasteiger partial charge is 0.496 e. The van der Waals surface area contributed by atoms with Gasteiger partial charge in [-0.3, -0.25) is 4.79 Å². The van der Waals surface area contributed by atoms with Crippen LogP contribution < -0.4 is 10.1 Å². The minimum atomic E-state index is -0.298. The number of para-hydroxylation sites is 1. The monoisotopic (exact) mass is 398 g/mol. The van der Waals surface area contributed by atoms with Crippen molar-refractivity contribution in [2.75, 3.05) is 18.2 Å². The van der Waals surface area contributed by atoms with Crippen molar-refractivity contribution in [2.45, 2.75) is 56.6 Å². The van der Waals surface area contributed by atoms with Crippen LogP contribution in [0.25, 0.3) is 0 Å². The van der Waals surface area contributed by atoms with Gasteiger partial charge in [0.25, 0.3) is 0 Å². The molecule has 0 spiro atoms. The van der Waals surface area contributed by atoms with Crippen LogP contribution in [-0.2, 0) is 4.79 Å². The summed E-state index contributed by atoms with van der Waals surface area (Å²) in [5.74, 6) is 2.66. The number of hydrogen-bond acceptors (Lipinski definition) is 6. The molecule has 1 N–H and O–H groups in total. The molecule has 0 amide bonds. The molecule has 1 aromatic heterocycles. The van der Waals surface area contributed by atoms with Crippen molar-refractivity contribution in [3.05, 3.63) is 41.1 Å². The average molecular weight is 399 g/mol. The number of unbranched alkanes of at least 4 members (excludes halogenated alkanes) is 2. The van der Waals surface area contributed by atoms with Crippen LogP contribution >= 0.6 is 11.8 Å². The summed E-state index contributed by atoms with van der Waals surface area (Å²) in [5, 5.41) is 8.91. The Morgan fingerprint density at radius 2 is 2.14 bits per heavy atom. The summed E-state index contributed by atoms with van der Waals surface area (Å²) in [6, 6.07) is 7.57. The Kier molecular flexibility index (Phi) is 5.71. The van der Waals surface area contributed by atoms with Gasteiger partial charge in [-0.1, -0.05) is 49.7 Å². The zero-order valence-electron chi connectivity index (χ0n) is 16.4. The standard InChI is InChI=1S/C21H26N4O2S/c1-3-4-7-13-28-21-23-20-22-15-10-8-11-16(26)18(15)19(25(20)24-21)14-9-5-6-12-17(14)27-2/h5-6,9,12,19H,3-4,7-8,10-11,13H2,1-2H3,(H,22,23,24). The molecule has 1 unspecified atom stereocenters. The van der Waals surface area contributed by atoms with Crippen molar-refractivity contribution in [2.24, 2.45) is 0 Å². The van der Waals surface area contributed by atoms with Gasteiger partial charge in [0.1, 0.15) is 11.8 Å². The van der Waals surface area contributed by atoms with Crippen molar-refractivity contribution in [3.63, 3.8) is 0 Å². The number of hydrogen-bond donors (Lipinski definition) is 1. The first-order chi connectivity index (χ1) is 13.7. The van der Waals surface area contributed by atoms with E-state index in [2.05, 4.69) is 12.2 Å². The van der Waals surface area contributed by atoms with Gasteiger partial charge in [-0.25, -0.2) is 4.68 Å². The Balaban J connectivity index is 1.74. The minimum absolute atomic E-state index is 0.183. The third kappa shape index (κ3) is 3.55. The highest BCUT2D eigenvalue weighted by Crippen LogP contribution is 2.43. The molecule has 1 atom stereocenters. The molecule has 6 nitrogen and oxygen atoms in total. The number of fused-ring (bicyclic) bond motifs is 1. The summed E-state index contributed by atoms with van der Waals surface area (Å²) < 4.78 is 7.47. The quantitative estimate of drug-likeness (QED) is 0.543. The highest BCUT2D eigenvalue weighted by atomic mass is 32.2. The third-order valence-electron chi connectivity index (χ3n) is 5.26. The van der Waals surface area contributed by atoms with Crippen molar-refractivity contribution < 1.29 is 9.53 Å². The zero-order chi connectivity index (χ0) is 19.5. The lowest BCUT2D eigenvalue weighted by atomic mass is 9.85. The molecule has 148 valence electrons. The summed E-state index contributed by atoms with van der Waals surface area (Å²) in [4.78, 5) is 17.6. The highest BCUT2D eigenvalue weighted by molar-refractivity contribution is 7.99. The van der Waals surface area contributed by atoms with Crippen LogP contribution in [-0.4, -0.2) is 33.4 Å². The number of anilines is 1. The maximum Gasteiger partial charge on any atom is 0.227 e. The Morgan fingerprint density at radius 1 is 1.29 bits per heavy atom. The van der Waals surface area contributed by atoms with Crippen molar-refractivity contribution >= 4 is 23.5 Å². The molecule has 0 fully saturated rings. The second kappa shape index (κ2) is 8.39. The molecular formula is C21H26N4O2S. The molecule has 0 saturated carbocycles. The Labute approximate surface area is 169 Å². The molecule has 2 aromatic rings. The second-order valence-electron chi connectivity index (χ2n) is 7.16. The van der Waals surface area contributed by atoms with E-state index in [4.69, 9.17) is 14.8 Å². The highest BCUT2D eigenvalue weighted by Gasteiger charge is 2.38. The third-order valence-corrected chi connectivity index (χ3v) is 6.19. The topological polar surface area (TPSA) is 69.0 Å². The number of methoxy groups -OCH3 is 1. The molecular weight excluding hydrogens is 372 g/mol. The number of carbonyl (C=O) groups is 1. The number of rotatable bonds is 7. The van der Waals surface area contributed by atoms with E-state index in [0.29, 0.717) is 12.4 Å². The number of allylic oxidation sites excluding steroid dienone is 2. The smallest absolute Gasteiger partial charge is 0.227 e. The first-order valence-corrected chi connectivity index (χ1v) is 11.0. The van der Waals surface area contributed by atoms with Gasteiger partial charge in [0.2, 0.25) is 11.1 Å². The number of thioether (sulfide) groups is 1. The van der Waals surface area contributed by atoms with Gasteiger partial charge in [0.15, 0.2) is 5.78 Å². The predicted octanol–water partition coefficient (Wildman–Crippen LogP) is 4.59. The van der Waals surface area contributed by atoms with Gasteiger partial charge in [-0.15, -0.1) is 5.10 Å². The van der Waals surface area contributed by atoms with E-state index in [1.807, 2.05) is 28.9 Å². The van der Waals surface area contributed by atoms with Crippen LogP contribution in [0.15, 0.2) is 40.7 Å². The molecule has 1 aromatic carbocycles. The molecule has 2 heterocycles. The number of nitrogens with zero attached hydrogens (tertiary/aromatic N) is 3. The summed E-state index contributed by atoms with van der Waals surface area (Å²) in [5.41, 5.74) is 2.73. The Hall–Kier alpha value is -2.28. The van der Waals surface area contributed by atoms with Crippen LogP contribution in [0.5, 0.6) is 5.75 Å². The molecule has 4 rings (SSSR count). The van der Waals surface area contributed by atoms with Crippen molar-refractivity contribution in [3.8, 4) is 5.75 Å². The van der Waals surface area contributed by atoms with Crippen LogP contribution in [0.2, 0.25) is 0 Å². The number of carbonyl (C=O) groups excluding carboxylic acids is 1. The molecule has 0 bridgehead atoms. The summed E-state index contributed by atoms with van der Waals surface area (Å²) in [7, 11) is 1.66. The lowest BCUT2D eigenvalue weighted by molar-refractivity contribution is -0.116. The van der Waals surface area contributed by atoms with E-state index in [9.17, 15) is 4.79 Å². The minimum Gasteiger partial charge on any atom is -0.496 e. The van der Waals surface area contributed by atoms with Crippen LogP contribution in [0.4, 0.5) is 5.95 Å². The van der Waals surface area contributed by atoms with E-state index in [-0.39, 0.29) is 11.8 Å². The summed E-state index contributed by atoms with van der Waals surface area (Å²) in [6.07, 6.45) is 5.88. The van der Waals surface area contributed by atoms with Gasteiger partial charge in [0.05, 0.1) is 7.11 Å². The van der Waals surface area contributed by atoms with E-state index in [1.54, 1.807) is 18.9 Å². The molecule has 2 aliphatic rings. The van der Waals surface area contributed by atoms with Crippen LogP contribution in [0, 0.1) is 0 Å². The molecule has 0 saturated heterocycles. The van der Waals surface area contributed by atoms with Gasteiger partial charge >= 0.3 is 0 Å². The number of ether oxygens (including phenoxy) is 1. The predicted molar refractivity (Wildman–Crippen MR) is 111 cm³/mol. The fourth-order valence-corrected chi connectivity index (χ4v) is 4.72. The van der Waals surface area contributed by atoms with Gasteiger partial charge in [-0.05, 0) is 25.3 Å². The maximum absolute atomic E-state index is 12.9. The van der Waals surface area contributed by atoms with Crippen LogP contribution in [0.3, 0.4) is 0 Å². The molecule has 1 aliphatic carbocycles. The fourth-order valence-electron chi connectivity index (χ4n) is 3.89. The SMILES string of the molecule is CCCCCSc1nc2n(n1)C(c1ccccc1OC)C1=C(CCCC1=O)N2. The number of nitrogens with one attached hydrogen (secondary N) is 1. The number of aromatic nitrogens is 3. The molecule has 28 heavy (non-hydrogen) atoms. The van der Waals surface area contributed by atoms with E-state index in [1.165, 1.54) is 12.8 Å². The summed E-state index contributed by atoms with van der Waals surface area (Å²) in [6.45, 7) is 2.20. The van der Waals surface area contributed by atoms with E-state index >= 15 is 0 Å². The van der Waals surface area contributed by atoms with E-state index < -0.39 is 0 Å². The number of Topliss-reactive ketones (excluding diaryl/α,β-unsaturated/α-hetero) is 1. The first-order valence-electron chi connectivity index (χ1n) is 9.98. The molecule has 1 aliphatic heterocycles. The first kappa shape index (κ1) is 19.1. The fraction of sp³-hybridized carbons (Fsp3) is 0.476. The normalized spacial score (nSPS) is 18.5. The Bertz CT molecular complexity index is 906. The van der Waals surface area contributed by atoms with Gasteiger partial charge in [0, 0.05) is 29.0 Å². The zero-order valence-corrected chi connectivity index (χ0v) is 17.2. The van der Waals surface area contributed by atoms with Crippen molar-refractivity contribution in [1.29, 1.82) is 0 Å². The molecule has 0 radical (unpaired) electrons. The van der Waals surface area contributed by atoms with Gasteiger partial charge in [-0.2, -0.15) is 4.98 Å². The average Bonchev–Trinajstić information content (AvgIpc) is 3.12. The van der Waals surface area contributed by atoms with Gasteiger partial charge < -0.3 is 10.1 Å². The molecule has 7 heteroatoms. The van der Waals surface area contributed by atoms with E-state index in [0.717, 1.165) is 52.8 Å². The second-order valence-corrected chi connectivity index (χ2v) is 8.22. The lowest BCUT2D eigenvalue weighted by Gasteiger charge is -2.32. The lowest BCUT2D eigenvalue weighted by Crippen LogP contribution is -2.31. The number of ketones is 1.